The van der Waals surface area contributed by atoms with Gasteiger partial charge in [-0.05, 0) is 10.8 Å². The molecule has 2 nitrogen and oxygen atoms in total. The second kappa shape index (κ2) is 12.5. The minimum Gasteiger partial charge on any atom is -0.160 e. The molecule has 1 unspecified atom stereocenters. The summed E-state index contributed by atoms with van der Waals surface area (Å²) in [5, 5.41) is 2.62. The molecule has 0 saturated heterocycles. The monoisotopic (exact) mass is 430 g/mol. The molecule has 0 heterocycles. The number of hydrogen-bond acceptors (Lipinski definition) is 2. The van der Waals surface area contributed by atoms with Gasteiger partial charge in [-0.2, -0.15) is 18.3 Å². The molecule has 0 aliphatic rings. The highest BCUT2D eigenvalue weighted by Crippen LogP contribution is 2.16. The summed E-state index contributed by atoms with van der Waals surface area (Å²) in [4.78, 5) is -1.35. The van der Waals surface area contributed by atoms with Crippen molar-refractivity contribution < 1.29 is 16.2 Å². The summed E-state index contributed by atoms with van der Waals surface area (Å²) < 4.78 is 36.6. The van der Waals surface area contributed by atoms with Gasteiger partial charge in [0.15, 0.2) is 0 Å². The summed E-state index contributed by atoms with van der Waals surface area (Å²) in [6.07, 6.45) is 0. The molecule has 0 aliphatic carbocycles. The molecule has 0 fully saturated rings. The third-order valence-corrected chi connectivity index (χ3v) is 3.37. The largest absolute Gasteiger partial charge is 0.476 e. The lowest BCUT2D eigenvalue weighted by molar-refractivity contribution is 0.501. The first kappa shape index (κ1) is 24.4. The van der Waals surface area contributed by atoms with Gasteiger partial charge in [-0.25, -0.2) is 0 Å². The summed E-state index contributed by atoms with van der Waals surface area (Å²) in [6, 6.07) is 16.7. The third-order valence-electron chi connectivity index (χ3n) is 1.85. The van der Waals surface area contributed by atoms with Gasteiger partial charge < -0.3 is 0 Å². The fourth-order valence-corrected chi connectivity index (χ4v) is 1.13. The van der Waals surface area contributed by atoms with Crippen molar-refractivity contribution in [1.82, 2.24) is 0 Å². The molecule has 2 rings (SSSR count). The molecule has 1 atom stereocenters. The van der Waals surface area contributed by atoms with E-state index in [0.717, 1.165) is 0 Å². The first-order valence-corrected chi connectivity index (χ1v) is 8.28. The van der Waals surface area contributed by atoms with Crippen molar-refractivity contribution in [3.63, 3.8) is 0 Å². The van der Waals surface area contributed by atoms with Crippen LogP contribution in [0.1, 0.15) is 0 Å². The number of halogens is 6. The van der Waals surface area contributed by atoms with Crippen LogP contribution in [0.3, 0.4) is 0 Å². The predicted octanol–water partition coefficient (Wildman–Crippen LogP) is 5.66. The van der Waals surface area contributed by atoms with E-state index in [2.05, 4.69) is 48.5 Å². The first-order valence-electron chi connectivity index (χ1n) is 5.25. The van der Waals surface area contributed by atoms with Gasteiger partial charge in [0.1, 0.15) is 9.67 Å². The molecule has 0 amide bonds. The van der Waals surface area contributed by atoms with Gasteiger partial charge in [-0.1, -0.05) is 56.3 Å². The minimum absolute atomic E-state index is 0. The number of benzene rings is 2. The smallest absolute Gasteiger partial charge is 0.160 e. The Labute approximate surface area is 151 Å². The summed E-state index contributed by atoms with van der Waals surface area (Å²) in [5.41, 5.74) is 0. The number of fused-ring (bicyclic) bond motifs is 1. The van der Waals surface area contributed by atoms with Gasteiger partial charge in [0.05, 0.1) is 0 Å². The molecule has 0 N–H and O–H groups in total. The highest BCUT2D eigenvalue weighted by atomic mass is 35.5. The van der Waals surface area contributed by atoms with E-state index in [0.29, 0.717) is 0 Å². The summed E-state index contributed by atoms with van der Waals surface area (Å²) in [7, 11) is -5.67. The van der Waals surface area contributed by atoms with Gasteiger partial charge in [-0.15, -0.1) is 46.4 Å². The molecule has 0 saturated carbocycles. The molecule has 22 heavy (non-hydrogen) atoms. The van der Waals surface area contributed by atoms with Gasteiger partial charge in [0, 0.05) is 0 Å². The molecule has 0 radical (unpaired) electrons. The van der Waals surface area contributed by atoms with E-state index >= 15 is 0 Å². The van der Waals surface area contributed by atoms with Crippen LogP contribution in [-0.4, -0.2) is 18.1 Å². The van der Waals surface area contributed by atoms with Crippen LogP contribution in [0.15, 0.2) is 48.5 Å². The van der Waals surface area contributed by atoms with Crippen LogP contribution in [0.2, 0.25) is 0 Å². The lowest BCUT2D eigenvalue weighted by Crippen LogP contribution is -1.96. The Morgan fingerprint density at radius 2 is 0.909 bits per heavy atom. The number of rotatable bonds is 1. The van der Waals surface area contributed by atoms with Crippen LogP contribution in [-0.2, 0) is 10.6 Å². The SMILES string of the molecule is ClC(Cl)C(Cl)Cl.O=S(=O)(F)F.P.c1ccc2ccccc2c1. The molecular weight excluding hydrogens is 419 g/mol. The van der Waals surface area contributed by atoms with Crippen molar-refractivity contribution in [2.75, 3.05) is 0 Å². The second-order valence-electron chi connectivity index (χ2n) is 3.39. The van der Waals surface area contributed by atoms with Crippen molar-refractivity contribution in [1.29, 1.82) is 0 Å². The summed E-state index contributed by atoms with van der Waals surface area (Å²) >= 11 is 20.5. The number of hydrogen-bond donors (Lipinski definition) is 0. The summed E-state index contributed by atoms with van der Waals surface area (Å²) in [6.45, 7) is 0. The van der Waals surface area contributed by atoms with E-state index in [4.69, 9.17) is 54.8 Å². The second-order valence-corrected chi connectivity index (χ2v) is 6.48. The average Bonchev–Trinajstić information content (AvgIpc) is 2.37. The van der Waals surface area contributed by atoms with Crippen LogP contribution < -0.4 is 0 Å². The van der Waals surface area contributed by atoms with Crippen molar-refractivity contribution in [3.8, 4) is 0 Å². The van der Waals surface area contributed by atoms with Crippen LogP contribution >= 0.6 is 56.3 Å². The highest BCUT2D eigenvalue weighted by molar-refractivity contribution is 7.81. The van der Waals surface area contributed by atoms with Crippen molar-refractivity contribution in [2.45, 2.75) is 9.67 Å². The Kier molecular flexibility index (Phi) is 13.9. The fourth-order valence-electron chi connectivity index (χ4n) is 1.13. The maximum Gasteiger partial charge on any atom is 0.476 e. The number of alkyl halides is 4. The van der Waals surface area contributed by atoms with Crippen molar-refractivity contribution in [2.24, 2.45) is 0 Å². The van der Waals surface area contributed by atoms with E-state index in [1.54, 1.807) is 0 Å². The zero-order valence-electron chi connectivity index (χ0n) is 11.0. The zero-order chi connectivity index (χ0) is 16.5. The minimum atomic E-state index is -5.67. The molecular formula is C12H13Cl4F2O2PS. The van der Waals surface area contributed by atoms with Gasteiger partial charge in [0.2, 0.25) is 0 Å². The fraction of sp³-hybridized carbons (Fsp3) is 0.167. The highest BCUT2D eigenvalue weighted by Gasteiger charge is 2.06. The van der Waals surface area contributed by atoms with Gasteiger partial charge in [-0.3, -0.25) is 0 Å². The third kappa shape index (κ3) is 15.0. The summed E-state index contributed by atoms with van der Waals surface area (Å²) in [5.74, 6) is 0. The zero-order valence-corrected chi connectivity index (χ0v) is 16.2. The van der Waals surface area contributed by atoms with Crippen LogP contribution in [0.25, 0.3) is 10.8 Å². The standard InChI is InChI=1S/C10H8.C2H2Cl4.F2O2S.H3P/c1-2-6-10-8-4-3-7-9(10)5-1;3-1(4)2(5)6;1-5(2,3)4;/h1-8H;1-2H;;1H3. The molecule has 0 aliphatic heterocycles. The van der Waals surface area contributed by atoms with E-state index in [1.807, 2.05) is 0 Å². The maximum atomic E-state index is 9.99. The topological polar surface area (TPSA) is 34.1 Å². The molecule has 0 aromatic heterocycles. The Balaban J connectivity index is 0. The van der Waals surface area contributed by atoms with E-state index in [1.165, 1.54) is 10.8 Å². The van der Waals surface area contributed by atoms with Gasteiger partial charge in [0.25, 0.3) is 0 Å². The Hall–Kier alpha value is 0.100. The predicted molar refractivity (Wildman–Crippen MR) is 97.2 cm³/mol. The van der Waals surface area contributed by atoms with E-state index < -0.39 is 20.3 Å². The van der Waals surface area contributed by atoms with E-state index in [9.17, 15) is 7.77 Å². The molecule has 2 aromatic carbocycles. The lowest BCUT2D eigenvalue weighted by atomic mass is 10.1. The van der Waals surface area contributed by atoms with Crippen LogP contribution in [0.5, 0.6) is 0 Å². The van der Waals surface area contributed by atoms with Crippen molar-refractivity contribution >= 4 is 77.7 Å². The molecule has 0 bridgehead atoms. The van der Waals surface area contributed by atoms with Crippen molar-refractivity contribution in [3.05, 3.63) is 48.5 Å². The Morgan fingerprint density at radius 3 is 1.05 bits per heavy atom. The molecule has 2 aromatic rings. The molecule has 126 valence electrons. The van der Waals surface area contributed by atoms with E-state index in [-0.39, 0.29) is 9.90 Å². The average molecular weight is 432 g/mol. The Morgan fingerprint density at radius 1 is 0.727 bits per heavy atom. The maximum absolute atomic E-state index is 9.99. The molecule has 10 heteroatoms. The Bertz CT molecular complexity index is 562. The van der Waals surface area contributed by atoms with Crippen LogP contribution in [0.4, 0.5) is 7.77 Å². The quantitative estimate of drug-likeness (QED) is 0.331. The van der Waals surface area contributed by atoms with Crippen LogP contribution in [0, 0.1) is 0 Å². The van der Waals surface area contributed by atoms with Gasteiger partial charge >= 0.3 is 10.6 Å². The molecule has 0 spiro atoms. The first-order chi connectivity index (χ1) is 9.61. The lowest BCUT2D eigenvalue weighted by Gasteiger charge is -1.95. The normalized spacial score (nSPS) is 10.2.